The van der Waals surface area contributed by atoms with Crippen molar-refractivity contribution < 1.29 is 23.8 Å². The fourth-order valence-electron chi connectivity index (χ4n) is 4.09. The number of hydrogen-bond donors (Lipinski definition) is 1. The number of carboxylic acid groups (broad SMARTS) is 1. The van der Waals surface area contributed by atoms with E-state index in [1.165, 1.54) is 25.5 Å². The second-order valence-electron chi connectivity index (χ2n) is 8.05. The lowest BCUT2D eigenvalue weighted by Gasteiger charge is -2.25. The number of ether oxygens (including phenoxy) is 1. The number of ketones is 1. The van der Waals surface area contributed by atoms with Crippen molar-refractivity contribution in [2.45, 2.75) is 18.9 Å². The van der Waals surface area contributed by atoms with Crippen LogP contribution in [0.25, 0.3) is 11.1 Å². The topological polar surface area (TPSA) is 76.0 Å². The first-order valence-corrected chi connectivity index (χ1v) is 10.9. The first-order chi connectivity index (χ1) is 16.2. The van der Waals surface area contributed by atoms with E-state index >= 15 is 0 Å². The maximum absolute atomic E-state index is 14.6. The van der Waals surface area contributed by atoms with Crippen molar-refractivity contribution >= 4 is 29.6 Å². The van der Waals surface area contributed by atoms with Gasteiger partial charge in [-0.3, -0.25) is 9.79 Å². The average molecular weight is 478 g/mol. The monoisotopic (exact) mass is 477 g/mol. The summed E-state index contributed by atoms with van der Waals surface area (Å²) in [6.07, 6.45) is 4.94. The molecule has 1 unspecified atom stereocenters. The zero-order chi connectivity index (χ0) is 24.5. The summed E-state index contributed by atoms with van der Waals surface area (Å²) in [5.74, 6) is -1.69. The highest BCUT2D eigenvalue weighted by Crippen LogP contribution is 2.35. The summed E-state index contributed by atoms with van der Waals surface area (Å²) < 4.78 is 20.1. The molecule has 0 aliphatic carbocycles. The first-order valence-electron chi connectivity index (χ1n) is 10.5. The third-order valence-corrected chi connectivity index (χ3v) is 6.10. The lowest BCUT2D eigenvalue weighted by atomic mass is 9.83. The molecule has 0 amide bonds. The van der Waals surface area contributed by atoms with Gasteiger partial charge in [-0.2, -0.15) is 0 Å². The normalized spacial score (nSPS) is 16.6. The van der Waals surface area contributed by atoms with E-state index in [1.807, 2.05) is 19.1 Å². The third-order valence-electron chi connectivity index (χ3n) is 5.87. The molecule has 172 valence electrons. The van der Waals surface area contributed by atoms with Crippen molar-refractivity contribution in [1.29, 1.82) is 0 Å². The highest BCUT2D eigenvalue weighted by atomic mass is 35.5. The Morgan fingerprint density at radius 3 is 2.56 bits per heavy atom. The number of benzene rings is 3. The molecule has 1 heterocycles. The smallest absolute Gasteiger partial charge is 0.335 e. The van der Waals surface area contributed by atoms with E-state index in [2.05, 4.69) is 4.99 Å². The van der Waals surface area contributed by atoms with Crippen molar-refractivity contribution in [3.63, 3.8) is 0 Å². The second-order valence-corrected chi connectivity index (χ2v) is 8.49. The zero-order valence-corrected chi connectivity index (χ0v) is 19.3. The molecule has 7 heteroatoms. The molecule has 4 rings (SSSR count). The predicted octanol–water partition coefficient (Wildman–Crippen LogP) is 5.97. The van der Waals surface area contributed by atoms with Crippen molar-refractivity contribution in [2.75, 3.05) is 7.11 Å². The van der Waals surface area contributed by atoms with Gasteiger partial charge in [0.05, 0.1) is 18.2 Å². The van der Waals surface area contributed by atoms with Gasteiger partial charge in [-0.05, 0) is 83.8 Å². The SMILES string of the molecule is COc1ccc(-c2cc(C(=O)O)ccc2C)cc1CC1(C(=O)c2ccc(Cl)cc2F)C=CC=N1. The van der Waals surface area contributed by atoms with Gasteiger partial charge in [0.25, 0.3) is 0 Å². The van der Waals surface area contributed by atoms with Crippen LogP contribution in [0.5, 0.6) is 5.75 Å². The third kappa shape index (κ3) is 4.37. The zero-order valence-electron chi connectivity index (χ0n) is 18.5. The number of methoxy groups -OCH3 is 1. The molecule has 3 aromatic rings. The molecule has 0 fully saturated rings. The Morgan fingerprint density at radius 1 is 1.12 bits per heavy atom. The van der Waals surface area contributed by atoms with E-state index in [0.717, 1.165) is 22.8 Å². The van der Waals surface area contributed by atoms with Gasteiger partial charge >= 0.3 is 5.97 Å². The maximum atomic E-state index is 14.6. The van der Waals surface area contributed by atoms with E-state index in [1.54, 1.807) is 36.4 Å². The van der Waals surface area contributed by atoms with E-state index in [4.69, 9.17) is 16.3 Å². The molecule has 0 spiro atoms. The highest BCUT2D eigenvalue weighted by Gasteiger charge is 2.39. The summed E-state index contributed by atoms with van der Waals surface area (Å²) in [6, 6.07) is 14.3. The number of carboxylic acids is 1. The fraction of sp³-hybridized carbons (Fsp3) is 0.148. The molecule has 0 saturated heterocycles. The van der Waals surface area contributed by atoms with Crippen LogP contribution in [0.4, 0.5) is 4.39 Å². The second kappa shape index (κ2) is 9.23. The molecule has 1 aliphatic rings. The van der Waals surface area contributed by atoms with E-state index < -0.39 is 23.1 Å². The minimum absolute atomic E-state index is 0.103. The van der Waals surface area contributed by atoms with E-state index in [9.17, 15) is 19.1 Å². The van der Waals surface area contributed by atoms with Gasteiger partial charge in [0.2, 0.25) is 0 Å². The average Bonchev–Trinajstić information content (AvgIpc) is 3.28. The molecule has 0 bridgehead atoms. The van der Waals surface area contributed by atoms with Crippen LogP contribution in [-0.2, 0) is 6.42 Å². The lowest BCUT2D eigenvalue weighted by Crippen LogP contribution is -2.36. The van der Waals surface area contributed by atoms with Gasteiger partial charge in [-0.1, -0.05) is 23.7 Å². The Bertz CT molecular complexity index is 1350. The van der Waals surface area contributed by atoms with Crippen LogP contribution in [0.2, 0.25) is 5.02 Å². The van der Waals surface area contributed by atoms with Crippen LogP contribution in [0, 0.1) is 12.7 Å². The summed E-state index contributed by atoms with van der Waals surface area (Å²) in [5, 5.41) is 9.59. The number of halogens is 2. The Balaban J connectivity index is 1.79. The summed E-state index contributed by atoms with van der Waals surface area (Å²) in [6.45, 7) is 1.89. The van der Waals surface area contributed by atoms with Gasteiger partial charge in [0.1, 0.15) is 17.1 Å². The molecule has 34 heavy (non-hydrogen) atoms. The largest absolute Gasteiger partial charge is 0.496 e. The van der Waals surface area contributed by atoms with Gasteiger partial charge in [-0.15, -0.1) is 0 Å². The number of hydrogen-bond acceptors (Lipinski definition) is 4. The van der Waals surface area contributed by atoms with Crippen LogP contribution in [-0.4, -0.2) is 35.7 Å². The molecule has 0 saturated carbocycles. The number of nitrogens with zero attached hydrogens (tertiary/aromatic N) is 1. The molecule has 5 nitrogen and oxygen atoms in total. The predicted molar refractivity (Wildman–Crippen MR) is 130 cm³/mol. The summed E-state index contributed by atoms with van der Waals surface area (Å²) >= 11 is 5.86. The van der Waals surface area contributed by atoms with E-state index in [-0.39, 0.29) is 22.6 Å². The number of carbonyl (C=O) groups excluding carboxylic acids is 1. The van der Waals surface area contributed by atoms with Crippen molar-refractivity contribution in [1.82, 2.24) is 0 Å². The lowest BCUT2D eigenvalue weighted by molar-refractivity contribution is 0.0696. The van der Waals surface area contributed by atoms with Crippen LogP contribution in [0.1, 0.15) is 31.8 Å². The number of aryl methyl sites for hydroxylation is 1. The highest BCUT2D eigenvalue weighted by molar-refractivity contribution is 6.30. The standard InChI is InChI=1S/C27H21ClFNO4/c1-16-4-5-18(26(32)33)13-22(16)17-6-9-24(34-2)19(12-17)15-27(10-3-11-30-27)25(31)21-8-7-20(28)14-23(21)29/h3-14H,15H2,1-2H3,(H,32,33). The number of rotatable bonds is 7. The number of carbonyl (C=O) groups is 2. The van der Waals surface area contributed by atoms with Crippen molar-refractivity contribution in [3.05, 3.63) is 99.8 Å². The van der Waals surface area contributed by atoms with E-state index in [0.29, 0.717) is 11.3 Å². The first kappa shape index (κ1) is 23.4. The fourth-order valence-corrected chi connectivity index (χ4v) is 4.25. The summed E-state index contributed by atoms with van der Waals surface area (Å²) in [7, 11) is 1.52. The van der Waals surface area contributed by atoms with Crippen molar-refractivity contribution in [3.8, 4) is 16.9 Å². The van der Waals surface area contributed by atoms with Gasteiger partial charge in [0, 0.05) is 17.7 Å². The minimum Gasteiger partial charge on any atom is -0.496 e. The number of aliphatic imine (C=N–C) groups is 1. The Kier molecular flexibility index (Phi) is 6.35. The Morgan fingerprint density at radius 2 is 1.91 bits per heavy atom. The Labute approximate surface area is 201 Å². The van der Waals surface area contributed by atoms with Gasteiger partial charge in [0.15, 0.2) is 5.78 Å². The maximum Gasteiger partial charge on any atom is 0.335 e. The van der Waals surface area contributed by atoms with Gasteiger partial charge < -0.3 is 9.84 Å². The van der Waals surface area contributed by atoms with Crippen LogP contribution < -0.4 is 4.74 Å². The molecule has 0 aromatic heterocycles. The molecular weight excluding hydrogens is 457 g/mol. The van der Waals surface area contributed by atoms with Crippen LogP contribution in [0.15, 0.2) is 71.7 Å². The molecule has 3 aromatic carbocycles. The van der Waals surface area contributed by atoms with Crippen LogP contribution >= 0.6 is 11.6 Å². The molecule has 1 N–H and O–H groups in total. The Hall–Kier alpha value is -3.77. The van der Waals surface area contributed by atoms with Gasteiger partial charge in [-0.25, -0.2) is 9.18 Å². The molecule has 1 aliphatic heterocycles. The van der Waals surface area contributed by atoms with Crippen molar-refractivity contribution in [2.24, 2.45) is 4.99 Å². The molecule has 1 atom stereocenters. The number of Topliss-reactive ketones (excluding diaryl/α,β-unsaturated/α-hetero) is 1. The minimum atomic E-state index is -1.35. The number of allylic oxidation sites excluding steroid dienone is 1. The number of aromatic carboxylic acids is 1. The van der Waals surface area contributed by atoms with Crippen LogP contribution in [0.3, 0.4) is 0 Å². The summed E-state index contributed by atoms with van der Waals surface area (Å²) in [4.78, 5) is 29.4. The summed E-state index contributed by atoms with van der Waals surface area (Å²) in [5.41, 5.74) is 1.80. The molecular formula is C27H21ClFNO4. The quantitative estimate of drug-likeness (QED) is 0.425. The molecule has 0 radical (unpaired) electrons.